The zero-order valence-corrected chi connectivity index (χ0v) is 12.0. The largest absolute Gasteiger partial charge is 0.453 e. The number of benzene rings is 1. The van der Waals surface area contributed by atoms with Gasteiger partial charge in [-0.25, -0.2) is 4.79 Å². The number of nitrogens with zero attached hydrogens (tertiary/aromatic N) is 1. The fourth-order valence-corrected chi connectivity index (χ4v) is 2.60. The van der Waals surface area contributed by atoms with E-state index in [9.17, 15) is 9.90 Å². The van der Waals surface area contributed by atoms with E-state index in [1.807, 2.05) is 31.2 Å². The Bertz CT molecular complexity index is 464. The highest BCUT2D eigenvalue weighted by atomic mass is 16.5. The van der Waals surface area contributed by atoms with E-state index in [0.29, 0.717) is 6.42 Å². The monoisotopic (exact) mass is 278 g/mol. The molecule has 1 saturated heterocycles. The van der Waals surface area contributed by atoms with Gasteiger partial charge in [-0.2, -0.15) is 0 Å². The molecule has 0 aromatic heterocycles. The average molecular weight is 278 g/mol. The molecule has 1 aliphatic heterocycles. The lowest BCUT2D eigenvalue weighted by atomic mass is 10.0. The van der Waals surface area contributed by atoms with E-state index in [-0.39, 0.29) is 6.04 Å². The maximum absolute atomic E-state index is 11.2. The van der Waals surface area contributed by atoms with Crippen molar-refractivity contribution in [1.82, 2.24) is 5.32 Å². The summed E-state index contributed by atoms with van der Waals surface area (Å²) in [4.78, 5) is 13.4. The number of carbonyl (C=O) groups is 1. The summed E-state index contributed by atoms with van der Waals surface area (Å²) >= 11 is 0. The molecule has 5 heteroatoms. The molecule has 1 unspecified atom stereocenters. The Balaban J connectivity index is 2.08. The second-order valence-corrected chi connectivity index (χ2v) is 5.05. The standard InChI is InChI=1S/C15H22N2O3/c1-3-14(18)12-6-4-5-7-13(12)17-9-8-11(10-17)16-15(19)20-2/h4-7,11,14,18H,3,8-10H2,1-2H3,(H,16,19)/t11?,14-/m1/s1. The summed E-state index contributed by atoms with van der Waals surface area (Å²) in [5.74, 6) is 0. The first-order valence-electron chi connectivity index (χ1n) is 7.02. The molecule has 0 radical (unpaired) electrons. The zero-order chi connectivity index (χ0) is 14.5. The number of amides is 1. The number of carbonyl (C=O) groups excluding carboxylic acids is 1. The topological polar surface area (TPSA) is 61.8 Å². The summed E-state index contributed by atoms with van der Waals surface area (Å²) in [5.41, 5.74) is 2.00. The van der Waals surface area contributed by atoms with Crippen LogP contribution in [0, 0.1) is 0 Å². The minimum atomic E-state index is -0.446. The van der Waals surface area contributed by atoms with Crippen molar-refractivity contribution < 1.29 is 14.6 Å². The van der Waals surface area contributed by atoms with Gasteiger partial charge >= 0.3 is 6.09 Å². The molecule has 1 aromatic rings. The van der Waals surface area contributed by atoms with Crippen LogP contribution in [0.25, 0.3) is 0 Å². The lowest BCUT2D eigenvalue weighted by Gasteiger charge is -2.24. The minimum absolute atomic E-state index is 0.0919. The number of alkyl carbamates (subject to hydrolysis) is 1. The van der Waals surface area contributed by atoms with E-state index >= 15 is 0 Å². The van der Waals surface area contributed by atoms with E-state index in [1.165, 1.54) is 7.11 Å². The van der Waals surface area contributed by atoms with Gasteiger partial charge in [0.2, 0.25) is 0 Å². The van der Waals surface area contributed by atoms with Crippen molar-refractivity contribution in [2.75, 3.05) is 25.1 Å². The third-order valence-corrected chi connectivity index (χ3v) is 3.72. The van der Waals surface area contributed by atoms with Crippen LogP contribution < -0.4 is 10.2 Å². The quantitative estimate of drug-likeness (QED) is 0.885. The zero-order valence-electron chi connectivity index (χ0n) is 12.0. The summed E-state index contributed by atoms with van der Waals surface area (Å²) in [5, 5.41) is 12.9. The fourth-order valence-electron chi connectivity index (χ4n) is 2.60. The lowest BCUT2D eigenvalue weighted by Crippen LogP contribution is -2.37. The highest BCUT2D eigenvalue weighted by Gasteiger charge is 2.26. The van der Waals surface area contributed by atoms with Gasteiger partial charge in [-0.15, -0.1) is 0 Å². The van der Waals surface area contributed by atoms with Crippen LogP contribution in [-0.4, -0.2) is 37.4 Å². The second-order valence-electron chi connectivity index (χ2n) is 5.05. The smallest absolute Gasteiger partial charge is 0.407 e. The lowest BCUT2D eigenvalue weighted by molar-refractivity contribution is 0.167. The molecule has 20 heavy (non-hydrogen) atoms. The number of aliphatic hydroxyl groups is 1. The molecule has 1 amide bonds. The molecule has 2 atom stereocenters. The Labute approximate surface area is 119 Å². The summed E-state index contributed by atoms with van der Waals surface area (Å²) in [6, 6.07) is 7.99. The Morgan fingerprint density at radius 3 is 3.00 bits per heavy atom. The molecule has 0 bridgehead atoms. The second kappa shape index (κ2) is 6.61. The van der Waals surface area contributed by atoms with Crippen LogP contribution >= 0.6 is 0 Å². The number of para-hydroxylation sites is 1. The van der Waals surface area contributed by atoms with Crippen molar-refractivity contribution in [3.8, 4) is 0 Å². The predicted octanol–water partition coefficient (Wildman–Crippen LogP) is 2.06. The van der Waals surface area contributed by atoms with Gasteiger partial charge in [0, 0.05) is 24.3 Å². The number of anilines is 1. The van der Waals surface area contributed by atoms with Crippen LogP contribution in [0.5, 0.6) is 0 Å². The van der Waals surface area contributed by atoms with Crippen LogP contribution in [0.1, 0.15) is 31.4 Å². The normalized spacial score (nSPS) is 19.8. The molecule has 0 spiro atoms. The fraction of sp³-hybridized carbons (Fsp3) is 0.533. The van der Waals surface area contributed by atoms with Crippen molar-refractivity contribution in [3.05, 3.63) is 29.8 Å². The van der Waals surface area contributed by atoms with Crippen molar-refractivity contribution in [2.45, 2.75) is 31.9 Å². The van der Waals surface area contributed by atoms with Gasteiger partial charge < -0.3 is 20.1 Å². The maximum atomic E-state index is 11.2. The number of nitrogens with one attached hydrogen (secondary N) is 1. The van der Waals surface area contributed by atoms with E-state index in [0.717, 1.165) is 30.8 Å². The minimum Gasteiger partial charge on any atom is -0.453 e. The van der Waals surface area contributed by atoms with E-state index in [2.05, 4.69) is 15.0 Å². The average Bonchev–Trinajstić information content (AvgIpc) is 2.94. The summed E-state index contributed by atoms with van der Waals surface area (Å²) in [7, 11) is 1.37. The molecule has 0 saturated carbocycles. The Hall–Kier alpha value is -1.75. The van der Waals surface area contributed by atoms with Crippen LogP contribution in [0.4, 0.5) is 10.5 Å². The summed E-state index contributed by atoms with van der Waals surface area (Å²) in [6.45, 7) is 3.57. The van der Waals surface area contributed by atoms with E-state index in [4.69, 9.17) is 0 Å². The van der Waals surface area contributed by atoms with Gasteiger partial charge in [0.05, 0.1) is 19.3 Å². The maximum Gasteiger partial charge on any atom is 0.407 e. The Morgan fingerprint density at radius 1 is 1.55 bits per heavy atom. The highest BCUT2D eigenvalue weighted by Crippen LogP contribution is 2.30. The molecule has 1 aromatic carbocycles. The molecule has 0 aliphatic carbocycles. The van der Waals surface area contributed by atoms with Gasteiger partial charge in [0.15, 0.2) is 0 Å². The van der Waals surface area contributed by atoms with Gasteiger partial charge in [-0.1, -0.05) is 25.1 Å². The van der Waals surface area contributed by atoms with E-state index < -0.39 is 12.2 Å². The van der Waals surface area contributed by atoms with Crippen molar-refractivity contribution in [2.24, 2.45) is 0 Å². The number of methoxy groups -OCH3 is 1. The first kappa shape index (κ1) is 14.7. The molecular formula is C15H22N2O3. The first-order valence-corrected chi connectivity index (χ1v) is 7.02. The summed E-state index contributed by atoms with van der Waals surface area (Å²) < 4.78 is 4.62. The number of hydrogen-bond donors (Lipinski definition) is 2. The number of aliphatic hydroxyl groups excluding tert-OH is 1. The number of ether oxygens (including phenoxy) is 1. The molecule has 1 heterocycles. The van der Waals surface area contributed by atoms with Crippen LogP contribution in [0.3, 0.4) is 0 Å². The third kappa shape index (κ3) is 3.22. The molecule has 5 nitrogen and oxygen atoms in total. The predicted molar refractivity (Wildman–Crippen MR) is 77.9 cm³/mol. The number of rotatable bonds is 4. The van der Waals surface area contributed by atoms with Gasteiger partial charge in [0.1, 0.15) is 0 Å². The van der Waals surface area contributed by atoms with Crippen molar-refractivity contribution in [1.29, 1.82) is 0 Å². The van der Waals surface area contributed by atoms with Crippen molar-refractivity contribution in [3.63, 3.8) is 0 Å². The third-order valence-electron chi connectivity index (χ3n) is 3.72. The van der Waals surface area contributed by atoms with Crippen LogP contribution in [-0.2, 0) is 4.74 Å². The van der Waals surface area contributed by atoms with E-state index in [1.54, 1.807) is 0 Å². The van der Waals surface area contributed by atoms with Gasteiger partial charge in [-0.3, -0.25) is 0 Å². The van der Waals surface area contributed by atoms with Crippen LogP contribution in [0.2, 0.25) is 0 Å². The Kier molecular flexibility index (Phi) is 4.84. The first-order chi connectivity index (χ1) is 9.65. The van der Waals surface area contributed by atoms with Gasteiger partial charge in [0.25, 0.3) is 0 Å². The summed E-state index contributed by atoms with van der Waals surface area (Å²) in [6.07, 6.45) is 0.734. The van der Waals surface area contributed by atoms with Crippen molar-refractivity contribution >= 4 is 11.8 Å². The SMILES string of the molecule is CC[C@@H](O)c1ccccc1N1CCC(NC(=O)OC)C1. The molecule has 2 rings (SSSR count). The molecule has 110 valence electrons. The number of hydrogen-bond acceptors (Lipinski definition) is 4. The molecule has 2 N–H and O–H groups in total. The highest BCUT2D eigenvalue weighted by molar-refractivity contribution is 5.67. The Morgan fingerprint density at radius 2 is 2.30 bits per heavy atom. The van der Waals surface area contributed by atoms with Crippen LogP contribution in [0.15, 0.2) is 24.3 Å². The molecule has 1 fully saturated rings. The van der Waals surface area contributed by atoms with Gasteiger partial charge in [-0.05, 0) is 18.9 Å². The molecule has 1 aliphatic rings. The molecular weight excluding hydrogens is 256 g/mol.